The molecule has 0 radical (unpaired) electrons. The second kappa shape index (κ2) is 8.30. The normalized spacial score (nSPS) is 23.7. The highest BCUT2D eigenvalue weighted by molar-refractivity contribution is 5.79. The van der Waals surface area contributed by atoms with Gasteiger partial charge in [0.2, 0.25) is 5.91 Å². The minimum absolute atomic E-state index is 0.0232. The Morgan fingerprint density at radius 2 is 1.81 bits per heavy atom. The lowest BCUT2D eigenvalue weighted by molar-refractivity contribution is -0.128. The van der Waals surface area contributed by atoms with E-state index in [0.29, 0.717) is 19.0 Å². The third-order valence-corrected chi connectivity index (χ3v) is 5.99. The first-order valence-corrected chi connectivity index (χ1v) is 10.3. The molecule has 0 bridgehead atoms. The molecular weight excluding hydrogens is 340 g/mol. The fourth-order valence-electron chi connectivity index (χ4n) is 4.13. The van der Waals surface area contributed by atoms with Crippen molar-refractivity contribution in [2.75, 3.05) is 45.8 Å². The first-order chi connectivity index (χ1) is 13.2. The molecule has 27 heavy (non-hydrogen) atoms. The number of nitrogens with one attached hydrogen (secondary N) is 1. The van der Waals surface area contributed by atoms with Crippen LogP contribution in [0.25, 0.3) is 0 Å². The summed E-state index contributed by atoms with van der Waals surface area (Å²) in [6.45, 7) is 5.88. The van der Waals surface area contributed by atoms with Gasteiger partial charge in [0.1, 0.15) is 0 Å². The second-order valence-electron chi connectivity index (χ2n) is 8.10. The van der Waals surface area contributed by atoms with E-state index in [4.69, 9.17) is 0 Å². The number of amides is 3. The van der Waals surface area contributed by atoms with Crippen molar-refractivity contribution in [2.45, 2.75) is 31.7 Å². The molecule has 0 spiro atoms. The summed E-state index contributed by atoms with van der Waals surface area (Å²) >= 11 is 0. The molecule has 146 valence electrons. The summed E-state index contributed by atoms with van der Waals surface area (Å²) < 4.78 is 0. The van der Waals surface area contributed by atoms with Gasteiger partial charge in [-0.05, 0) is 24.8 Å². The molecule has 1 aliphatic carbocycles. The molecule has 1 aromatic rings. The topological polar surface area (TPSA) is 55.9 Å². The molecule has 2 aliphatic heterocycles. The first-order valence-electron chi connectivity index (χ1n) is 10.3. The Kier molecular flexibility index (Phi) is 5.62. The molecule has 1 N–H and O–H groups in total. The smallest absolute Gasteiger partial charge is 0.317 e. The zero-order valence-electron chi connectivity index (χ0n) is 16.0. The fraction of sp³-hybridized carbons (Fsp3) is 0.619. The van der Waals surface area contributed by atoms with Gasteiger partial charge in [-0.3, -0.25) is 9.69 Å². The lowest BCUT2D eigenvalue weighted by atomic mass is 10.1. The van der Waals surface area contributed by atoms with Gasteiger partial charge in [0, 0.05) is 64.2 Å². The Hall–Kier alpha value is -2.08. The number of benzene rings is 1. The van der Waals surface area contributed by atoms with E-state index in [9.17, 15) is 9.59 Å². The molecule has 3 fully saturated rings. The maximum absolute atomic E-state index is 12.4. The van der Waals surface area contributed by atoms with Gasteiger partial charge in [0.25, 0.3) is 0 Å². The number of hydrogen-bond donors (Lipinski definition) is 1. The van der Waals surface area contributed by atoms with E-state index in [1.54, 1.807) is 0 Å². The van der Waals surface area contributed by atoms with Gasteiger partial charge in [-0.1, -0.05) is 30.3 Å². The molecule has 3 amide bonds. The summed E-state index contributed by atoms with van der Waals surface area (Å²) in [4.78, 5) is 30.8. The van der Waals surface area contributed by atoms with E-state index in [1.807, 2.05) is 15.9 Å². The van der Waals surface area contributed by atoms with E-state index in [2.05, 4.69) is 34.5 Å². The van der Waals surface area contributed by atoms with Crippen LogP contribution in [0, 0.1) is 5.92 Å². The average Bonchev–Trinajstić information content (AvgIpc) is 3.48. The number of hydrogen-bond acceptors (Lipinski definition) is 3. The fourth-order valence-corrected chi connectivity index (χ4v) is 4.13. The third-order valence-electron chi connectivity index (χ3n) is 5.99. The number of rotatable bonds is 6. The van der Waals surface area contributed by atoms with Gasteiger partial charge in [0.15, 0.2) is 0 Å². The monoisotopic (exact) mass is 370 g/mol. The Bertz CT molecular complexity index is 653. The highest BCUT2D eigenvalue weighted by Crippen LogP contribution is 2.32. The summed E-state index contributed by atoms with van der Waals surface area (Å²) in [6.07, 6.45) is 3.95. The molecule has 6 nitrogen and oxygen atoms in total. The van der Waals surface area contributed by atoms with Crippen LogP contribution in [0.2, 0.25) is 0 Å². The summed E-state index contributed by atoms with van der Waals surface area (Å²) in [5.74, 6) is 0.540. The van der Waals surface area contributed by atoms with Crippen molar-refractivity contribution in [3.63, 3.8) is 0 Å². The van der Waals surface area contributed by atoms with Crippen molar-refractivity contribution < 1.29 is 9.59 Å². The summed E-state index contributed by atoms with van der Waals surface area (Å²) in [7, 11) is 0. The standard InChI is InChI=1S/C21H30N4O2/c26-20-14-18(16-25(20)19-6-7-19)15-22-21(27)24-12-10-23(11-13-24)9-8-17-4-2-1-3-5-17/h1-5,18-19H,6-16H2,(H,22,27)/t18-/m1/s1. The molecule has 0 unspecified atom stereocenters. The van der Waals surface area contributed by atoms with E-state index in [1.165, 1.54) is 5.56 Å². The van der Waals surface area contributed by atoms with Crippen LogP contribution in [0.1, 0.15) is 24.8 Å². The van der Waals surface area contributed by atoms with E-state index in [0.717, 1.165) is 58.5 Å². The lowest BCUT2D eigenvalue weighted by Crippen LogP contribution is -2.52. The minimum atomic E-state index is 0.0232. The Morgan fingerprint density at radius 3 is 2.52 bits per heavy atom. The van der Waals surface area contributed by atoms with Gasteiger partial charge < -0.3 is 15.1 Å². The molecule has 1 aromatic carbocycles. The SMILES string of the molecule is O=C(NC[C@H]1CC(=O)N(C2CC2)C1)N1CCN(CCc2ccccc2)CC1. The quantitative estimate of drug-likeness (QED) is 0.827. The summed E-state index contributed by atoms with van der Waals surface area (Å²) in [6, 6.07) is 11.1. The van der Waals surface area contributed by atoms with Gasteiger partial charge >= 0.3 is 6.03 Å². The number of carbonyl (C=O) groups excluding carboxylic acids is 2. The number of carbonyl (C=O) groups is 2. The predicted molar refractivity (Wildman–Crippen MR) is 104 cm³/mol. The maximum Gasteiger partial charge on any atom is 0.317 e. The Labute approximate surface area is 161 Å². The average molecular weight is 370 g/mol. The van der Waals surface area contributed by atoms with E-state index < -0.39 is 0 Å². The highest BCUT2D eigenvalue weighted by atomic mass is 16.2. The molecular formula is C21H30N4O2. The van der Waals surface area contributed by atoms with Crippen molar-refractivity contribution in [1.82, 2.24) is 20.0 Å². The molecule has 3 aliphatic rings. The van der Waals surface area contributed by atoms with Crippen molar-refractivity contribution in [3.8, 4) is 0 Å². The van der Waals surface area contributed by atoms with Crippen molar-refractivity contribution in [3.05, 3.63) is 35.9 Å². The Morgan fingerprint density at radius 1 is 1.07 bits per heavy atom. The van der Waals surface area contributed by atoms with E-state index in [-0.39, 0.29) is 17.9 Å². The minimum Gasteiger partial charge on any atom is -0.339 e. The lowest BCUT2D eigenvalue weighted by Gasteiger charge is -2.34. The molecule has 4 rings (SSSR count). The Balaban J connectivity index is 1.14. The van der Waals surface area contributed by atoms with Gasteiger partial charge in [-0.25, -0.2) is 4.79 Å². The molecule has 2 saturated heterocycles. The van der Waals surface area contributed by atoms with Crippen LogP contribution < -0.4 is 5.32 Å². The maximum atomic E-state index is 12.4. The largest absolute Gasteiger partial charge is 0.339 e. The highest BCUT2D eigenvalue weighted by Gasteiger charge is 2.39. The van der Waals surface area contributed by atoms with Crippen LogP contribution in [0.3, 0.4) is 0 Å². The number of urea groups is 1. The predicted octanol–water partition coefficient (Wildman–Crippen LogP) is 1.57. The van der Waals surface area contributed by atoms with Crippen LogP contribution in [-0.4, -0.2) is 78.5 Å². The van der Waals surface area contributed by atoms with Crippen molar-refractivity contribution in [2.24, 2.45) is 5.92 Å². The van der Waals surface area contributed by atoms with Crippen LogP contribution in [-0.2, 0) is 11.2 Å². The van der Waals surface area contributed by atoms with Crippen LogP contribution in [0.15, 0.2) is 30.3 Å². The first kappa shape index (κ1) is 18.3. The second-order valence-corrected chi connectivity index (χ2v) is 8.10. The zero-order chi connectivity index (χ0) is 18.6. The van der Waals surface area contributed by atoms with Crippen LogP contribution in [0.4, 0.5) is 4.79 Å². The molecule has 2 heterocycles. The zero-order valence-corrected chi connectivity index (χ0v) is 16.0. The number of piperazine rings is 1. The van der Waals surface area contributed by atoms with Gasteiger partial charge in [-0.15, -0.1) is 0 Å². The summed E-state index contributed by atoms with van der Waals surface area (Å²) in [5, 5.41) is 3.06. The van der Waals surface area contributed by atoms with E-state index >= 15 is 0 Å². The molecule has 1 atom stereocenters. The molecule has 0 aromatic heterocycles. The van der Waals surface area contributed by atoms with Gasteiger partial charge in [0.05, 0.1) is 0 Å². The number of likely N-dealkylation sites (tertiary alicyclic amines) is 1. The molecule has 6 heteroatoms. The number of nitrogens with zero attached hydrogens (tertiary/aromatic N) is 3. The van der Waals surface area contributed by atoms with Gasteiger partial charge in [-0.2, -0.15) is 0 Å². The van der Waals surface area contributed by atoms with Crippen molar-refractivity contribution >= 4 is 11.9 Å². The van der Waals surface area contributed by atoms with Crippen molar-refractivity contribution in [1.29, 1.82) is 0 Å². The van der Waals surface area contributed by atoms with Crippen LogP contribution >= 0.6 is 0 Å². The third kappa shape index (κ3) is 4.80. The summed E-state index contributed by atoms with van der Waals surface area (Å²) in [5.41, 5.74) is 1.36. The van der Waals surface area contributed by atoms with Crippen LogP contribution in [0.5, 0.6) is 0 Å². The molecule has 1 saturated carbocycles.